The highest BCUT2D eigenvalue weighted by atomic mass is 32.2. The van der Waals surface area contributed by atoms with Crippen LogP contribution in [-0.4, -0.2) is 23.2 Å². The van der Waals surface area contributed by atoms with Gasteiger partial charge >= 0.3 is 5.97 Å². The maximum atomic E-state index is 13.3. The Morgan fingerprint density at radius 3 is 2.54 bits per heavy atom. The summed E-state index contributed by atoms with van der Waals surface area (Å²) in [4.78, 5) is 14.6. The minimum absolute atomic E-state index is 0.0144. The number of carbonyl (C=O) groups is 1. The molecule has 0 radical (unpaired) electrons. The zero-order valence-electron chi connectivity index (χ0n) is 21.3. The van der Waals surface area contributed by atoms with Crippen molar-refractivity contribution in [2.24, 2.45) is 5.92 Å². The summed E-state index contributed by atoms with van der Waals surface area (Å²) in [7, 11) is 0. The van der Waals surface area contributed by atoms with Crippen LogP contribution in [0.5, 0.6) is 0 Å². The van der Waals surface area contributed by atoms with Gasteiger partial charge in [-0.25, -0.2) is 9.18 Å². The summed E-state index contributed by atoms with van der Waals surface area (Å²) in [6.07, 6.45) is 3.54. The molecule has 2 N–H and O–H groups in total. The lowest BCUT2D eigenvalue weighted by molar-refractivity contribution is -0.164. The normalized spacial score (nSPS) is 20.5. The number of thioether (sulfide) groups is 1. The van der Waals surface area contributed by atoms with Crippen LogP contribution in [0.1, 0.15) is 70.6 Å². The van der Waals surface area contributed by atoms with Gasteiger partial charge in [-0.2, -0.15) is 0 Å². The Morgan fingerprint density at radius 1 is 1.20 bits per heavy atom. The van der Waals surface area contributed by atoms with Crippen LogP contribution in [0.3, 0.4) is 0 Å². The number of aryl methyl sites for hydroxylation is 2. The number of benzene rings is 2. The van der Waals surface area contributed by atoms with Crippen LogP contribution in [0, 0.1) is 11.7 Å². The van der Waals surface area contributed by atoms with Gasteiger partial charge in [0.1, 0.15) is 22.1 Å². The smallest absolute Gasteiger partial charge is 0.349 e. The Balaban J connectivity index is 1.62. The third-order valence-electron chi connectivity index (χ3n) is 7.18. The second-order valence-electron chi connectivity index (χ2n) is 11.1. The van der Waals surface area contributed by atoms with Gasteiger partial charge in [0.05, 0.1) is 0 Å². The Bertz CT molecular complexity index is 1130. The number of carbonyl (C=O) groups excluding carboxylic acids is 1. The largest absolute Gasteiger partial charge is 0.511 e. The van der Waals surface area contributed by atoms with Gasteiger partial charge in [-0.15, -0.1) is 0 Å². The molecule has 2 aliphatic rings. The Morgan fingerprint density at radius 2 is 1.91 bits per heavy atom. The van der Waals surface area contributed by atoms with Crippen LogP contribution in [0.25, 0.3) is 0 Å². The van der Waals surface area contributed by atoms with E-state index in [1.807, 2.05) is 13.8 Å². The molecule has 0 fully saturated rings. The molecular formula is C29H36FNO3S. The summed E-state index contributed by atoms with van der Waals surface area (Å²) in [5.41, 5.74) is 3.60. The predicted octanol–water partition coefficient (Wildman–Crippen LogP) is 7.32. The standard InChI is InChI=1S/C29H36FNO3S/c1-18(2)29(13-12-19-8-10-21(30)11-9-19)17-24(32)26(27(33)34-29)35-25-15-20-7-6-14-31-23(20)16-22(25)28(3,4)5/h8-11,15-16,18,31-32H,6-7,12-14,17H2,1-5H3. The molecule has 0 spiro atoms. The van der Waals surface area contributed by atoms with Crippen LogP contribution in [0.15, 0.2) is 52.0 Å². The van der Waals surface area contributed by atoms with Crippen molar-refractivity contribution in [3.8, 4) is 0 Å². The number of hydrogen-bond acceptors (Lipinski definition) is 5. The molecule has 2 heterocycles. The lowest BCUT2D eigenvalue weighted by atomic mass is 9.80. The summed E-state index contributed by atoms with van der Waals surface area (Å²) in [5.74, 6) is -0.635. The molecule has 0 amide bonds. The van der Waals surface area contributed by atoms with Crippen molar-refractivity contribution in [1.29, 1.82) is 0 Å². The lowest BCUT2D eigenvalue weighted by Crippen LogP contribution is -2.44. The first kappa shape index (κ1) is 25.6. The minimum Gasteiger partial charge on any atom is -0.511 e. The summed E-state index contributed by atoms with van der Waals surface area (Å²) in [6.45, 7) is 11.5. The van der Waals surface area contributed by atoms with E-state index in [4.69, 9.17) is 4.74 Å². The molecule has 1 unspecified atom stereocenters. The van der Waals surface area contributed by atoms with Crippen molar-refractivity contribution in [3.63, 3.8) is 0 Å². The predicted molar refractivity (Wildman–Crippen MR) is 140 cm³/mol. The SMILES string of the molecule is CC(C)C1(CCc2ccc(F)cc2)CC(O)=C(Sc2cc3c(cc2C(C)(C)C)NCCC3)C(=O)O1. The zero-order chi connectivity index (χ0) is 25.4. The molecule has 0 aliphatic carbocycles. The molecule has 4 rings (SSSR count). The van der Waals surface area contributed by atoms with Crippen molar-refractivity contribution in [1.82, 2.24) is 0 Å². The summed E-state index contributed by atoms with van der Waals surface area (Å²) in [5, 5.41) is 14.6. The third-order valence-corrected chi connectivity index (χ3v) is 8.34. The summed E-state index contributed by atoms with van der Waals surface area (Å²) < 4.78 is 19.4. The van der Waals surface area contributed by atoms with Crippen LogP contribution < -0.4 is 5.32 Å². The van der Waals surface area contributed by atoms with E-state index in [9.17, 15) is 14.3 Å². The molecular weight excluding hydrogens is 461 g/mol. The second kappa shape index (κ2) is 9.88. The average molecular weight is 498 g/mol. The van der Waals surface area contributed by atoms with Gasteiger partial charge < -0.3 is 15.2 Å². The minimum atomic E-state index is -0.799. The van der Waals surface area contributed by atoms with E-state index in [0.717, 1.165) is 41.1 Å². The van der Waals surface area contributed by atoms with Crippen molar-refractivity contribution >= 4 is 23.4 Å². The zero-order valence-corrected chi connectivity index (χ0v) is 22.2. The average Bonchev–Trinajstić information content (AvgIpc) is 2.80. The highest BCUT2D eigenvalue weighted by molar-refractivity contribution is 8.04. The fraction of sp³-hybridized carbons (Fsp3) is 0.483. The number of anilines is 1. The fourth-order valence-corrected chi connectivity index (χ4v) is 6.09. The molecule has 2 aliphatic heterocycles. The van der Waals surface area contributed by atoms with Crippen molar-refractivity contribution in [3.05, 3.63) is 69.6 Å². The lowest BCUT2D eigenvalue weighted by Gasteiger charge is -2.40. The molecule has 0 aromatic heterocycles. The van der Waals surface area contributed by atoms with Gasteiger partial charge in [0.2, 0.25) is 0 Å². The van der Waals surface area contributed by atoms with Gasteiger partial charge in [-0.1, -0.05) is 58.5 Å². The number of ether oxygens (including phenoxy) is 1. The van der Waals surface area contributed by atoms with E-state index >= 15 is 0 Å². The summed E-state index contributed by atoms with van der Waals surface area (Å²) in [6, 6.07) is 10.8. The highest BCUT2D eigenvalue weighted by Gasteiger charge is 2.44. The van der Waals surface area contributed by atoms with Crippen molar-refractivity contribution in [2.45, 2.75) is 82.6 Å². The van der Waals surface area contributed by atoms with Crippen LogP contribution in [-0.2, 0) is 27.8 Å². The third kappa shape index (κ3) is 5.53. The van der Waals surface area contributed by atoms with E-state index < -0.39 is 11.6 Å². The van der Waals surface area contributed by atoms with E-state index in [1.165, 1.54) is 29.5 Å². The van der Waals surface area contributed by atoms with Gasteiger partial charge in [-0.05, 0) is 78.0 Å². The van der Waals surface area contributed by atoms with E-state index in [1.54, 1.807) is 12.1 Å². The monoisotopic (exact) mass is 497 g/mol. The first-order chi connectivity index (χ1) is 16.5. The van der Waals surface area contributed by atoms with Crippen LogP contribution in [0.2, 0.25) is 0 Å². The van der Waals surface area contributed by atoms with E-state index in [2.05, 4.69) is 38.2 Å². The van der Waals surface area contributed by atoms with Crippen molar-refractivity contribution < 1.29 is 19.0 Å². The van der Waals surface area contributed by atoms with Crippen LogP contribution in [0.4, 0.5) is 10.1 Å². The Hall–Kier alpha value is -2.47. The molecule has 0 saturated carbocycles. The van der Waals surface area contributed by atoms with Gasteiger partial charge in [0.25, 0.3) is 0 Å². The molecule has 2 aromatic carbocycles. The number of rotatable bonds is 6. The number of aliphatic hydroxyl groups excluding tert-OH is 1. The maximum Gasteiger partial charge on any atom is 0.349 e. The van der Waals surface area contributed by atoms with E-state index in [-0.39, 0.29) is 34.2 Å². The van der Waals surface area contributed by atoms with E-state index in [0.29, 0.717) is 12.8 Å². The highest BCUT2D eigenvalue weighted by Crippen LogP contribution is 2.46. The van der Waals surface area contributed by atoms with Crippen LogP contribution >= 0.6 is 11.8 Å². The van der Waals surface area contributed by atoms with Crippen molar-refractivity contribution in [2.75, 3.05) is 11.9 Å². The molecule has 0 bridgehead atoms. The topological polar surface area (TPSA) is 58.6 Å². The van der Waals surface area contributed by atoms with Gasteiger partial charge in [0.15, 0.2) is 0 Å². The number of nitrogens with one attached hydrogen (secondary N) is 1. The van der Waals surface area contributed by atoms with Gasteiger partial charge in [0, 0.05) is 23.5 Å². The number of halogens is 1. The molecule has 0 saturated heterocycles. The molecule has 35 heavy (non-hydrogen) atoms. The summed E-state index contributed by atoms with van der Waals surface area (Å²) >= 11 is 1.32. The number of cyclic esters (lactones) is 1. The fourth-order valence-electron chi connectivity index (χ4n) is 4.88. The maximum absolute atomic E-state index is 13.3. The molecule has 188 valence electrons. The quantitative estimate of drug-likeness (QED) is 0.410. The Labute approximate surface area is 212 Å². The number of esters is 1. The molecule has 2 aromatic rings. The number of fused-ring (bicyclic) bond motifs is 1. The number of aliphatic hydroxyl groups is 1. The molecule has 4 nitrogen and oxygen atoms in total. The van der Waals surface area contributed by atoms with Gasteiger partial charge in [-0.3, -0.25) is 0 Å². The molecule has 6 heteroatoms. The first-order valence-corrected chi connectivity index (χ1v) is 13.3. The Kier molecular flexibility index (Phi) is 7.23. The second-order valence-corrected chi connectivity index (χ2v) is 12.1. The first-order valence-electron chi connectivity index (χ1n) is 12.5. The number of hydrogen-bond donors (Lipinski definition) is 2. The molecule has 1 atom stereocenters.